The Balaban J connectivity index is 1.65. The highest BCUT2D eigenvalue weighted by Gasteiger charge is 2.51. The van der Waals surface area contributed by atoms with Gasteiger partial charge in [0, 0.05) is 5.25 Å². The predicted molar refractivity (Wildman–Crippen MR) is 76.8 cm³/mol. The molecule has 0 N–H and O–H groups in total. The van der Waals surface area contributed by atoms with Gasteiger partial charge in [-0.05, 0) is 37.0 Å². The molecule has 0 radical (unpaired) electrons. The first-order valence-corrected chi connectivity index (χ1v) is 7.84. The highest BCUT2D eigenvalue weighted by molar-refractivity contribution is 8.01. The lowest BCUT2D eigenvalue weighted by atomic mass is 9.82. The van der Waals surface area contributed by atoms with Crippen molar-refractivity contribution in [1.82, 2.24) is 0 Å². The van der Waals surface area contributed by atoms with E-state index in [2.05, 4.69) is 29.1 Å². The molecule has 2 fully saturated rings. The van der Waals surface area contributed by atoms with Crippen molar-refractivity contribution in [3.8, 4) is 5.75 Å². The third-order valence-electron chi connectivity index (χ3n) is 4.41. The minimum atomic E-state index is 0.351. The van der Waals surface area contributed by atoms with E-state index in [4.69, 9.17) is 9.57 Å². The Morgan fingerprint density at radius 3 is 2.89 bits per heavy atom. The number of hydrogen-bond donors (Lipinski definition) is 0. The average molecular weight is 275 g/mol. The minimum Gasteiger partial charge on any atom is -0.497 e. The fraction of sp³-hybridized carbons (Fsp3) is 0.533. The van der Waals surface area contributed by atoms with Gasteiger partial charge >= 0.3 is 0 Å². The number of hydrogen-bond acceptors (Lipinski definition) is 4. The number of nitrogens with zero attached hydrogens (tertiary/aromatic N) is 1. The molecule has 3 aliphatic rings. The second-order valence-corrected chi connectivity index (χ2v) is 6.79. The average Bonchev–Trinajstić information content (AvgIpc) is 3.05. The molecule has 3 nitrogen and oxygen atoms in total. The second-order valence-electron chi connectivity index (χ2n) is 5.44. The van der Waals surface area contributed by atoms with Crippen molar-refractivity contribution >= 4 is 17.5 Å². The first-order chi connectivity index (χ1) is 9.36. The zero-order valence-electron chi connectivity index (χ0n) is 10.9. The molecule has 19 heavy (non-hydrogen) atoms. The normalized spacial score (nSPS) is 35.5. The van der Waals surface area contributed by atoms with Gasteiger partial charge < -0.3 is 9.57 Å². The maximum atomic E-state index is 5.64. The summed E-state index contributed by atoms with van der Waals surface area (Å²) in [5.74, 6) is 1.47. The summed E-state index contributed by atoms with van der Waals surface area (Å²) in [6, 6.07) is 8.38. The zero-order valence-corrected chi connectivity index (χ0v) is 11.7. The van der Waals surface area contributed by atoms with Crippen LogP contribution in [0.1, 0.15) is 30.1 Å². The molecule has 0 bridgehead atoms. The number of benzene rings is 1. The van der Waals surface area contributed by atoms with Crippen LogP contribution in [0.15, 0.2) is 29.4 Å². The molecule has 2 aliphatic heterocycles. The lowest BCUT2D eigenvalue weighted by Gasteiger charge is -2.26. The van der Waals surface area contributed by atoms with E-state index in [0.717, 1.165) is 5.75 Å². The maximum Gasteiger partial charge on any atom is 0.136 e. The van der Waals surface area contributed by atoms with Gasteiger partial charge in [0.15, 0.2) is 0 Å². The van der Waals surface area contributed by atoms with Gasteiger partial charge in [-0.1, -0.05) is 17.3 Å². The fourth-order valence-electron chi connectivity index (χ4n) is 3.46. The summed E-state index contributed by atoms with van der Waals surface area (Å²) in [6.07, 6.45) is 4.10. The van der Waals surface area contributed by atoms with Gasteiger partial charge in [-0.25, -0.2) is 0 Å². The van der Waals surface area contributed by atoms with E-state index >= 15 is 0 Å². The lowest BCUT2D eigenvalue weighted by Crippen LogP contribution is -2.32. The monoisotopic (exact) mass is 275 g/mol. The SMILES string of the molecule is COc1ccc([C@H]2S[C@H]3CCC[C@H]4ON=C2[C@@H]34)cc1. The van der Waals surface area contributed by atoms with E-state index < -0.39 is 0 Å². The van der Waals surface area contributed by atoms with Gasteiger partial charge in [-0.15, -0.1) is 11.8 Å². The van der Waals surface area contributed by atoms with Crippen LogP contribution in [-0.2, 0) is 4.84 Å². The molecule has 0 amide bonds. The van der Waals surface area contributed by atoms with Crippen LogP contribution in [0.25, 0.3) is 0 Å². The van der Waals surface area contributed by atoms with Crippen LogP contribution in [0.3, 0.4) is 0 Å². The minimum absolute atomic E-state index is 0.351. The molecule has 4 heteroatoms. The van der Waals surface area contributed by atoms with Crippen molar-refractivity contribution in [3.63, 3.8) is 0 Å². The second kappa shape index (κ2) is 4.44. The highest BCUT2D eigenvalue weighted by atomic mass is 32.2. The maximum absolute atomic E-state index is 5.64. The summed E-state index contributed by atoms with van der Waals surface area (Å²) >= 11 is 2.07. The molecule has 100 valence electrons. The third-order valence-corrected chi connectivity index (χ3v) is 6.08. The van der Waals surface area contributed by atoms with Crippen LogP contribution < -0.4 is 4.74 Å². The van der Waals surface area contributed by atoms with E-state index in [-0.39, 0.29) is 0 Å². The van der Waals surface area contributed by atoms with Crippen molar-refractivity contribution < 1.29 is 9.57 Å². The Morgan fingerprint density at radius 1 is 1.26 bits per heavy atom. The molecule has 2 heterocycles. The summed E-state index contributed by atoms with van der Waals surface area (Å²) < 4.78 is 5.23. The van der Waals surface area contributed by atoms with E-state index in [1.807, 2.05) is 12.1 Å². The summed E-state index contributed by atoms with van der Waals surface area (Å²) in [7, 11) is 1.70. The molecule has 1 aliphatic carbocycles. The van der Waals surface area contributed by atoms with Crippen LogP contribution in [0.5, 0.6) is 5.75 Å². The molecule has 4 atom stereocenters. The highest BCUT2D eigenvalue weighted by Crippen LogP contribution is 2.54. The van der Waals surface area contributed by atoms with E-state index in [0.29, 0.717) is 22.5 Å². The molecule has 1 aromatic rings. The topological polar surface area (TPSA) is 30.8 Å². The Bertz CT molecular complexity index is 513. The molecule has 0 spiro atoms. The number of oxime groups is 1. The smallest absolute Gasteiger partial charge is 0.136 e. The number of thioether (sulfide) groups is 1. The molecule has 1 saturated carbocycles. The molecule has 1 aromatic carbocycles. The number of ether oxygens (including phenoxy) is 1. The molecular weight excluding hydrogens is 258 g/mol. The van der Waals surface area contributed by atoms with Crippen LogP contribution >= 0.6 is 11.8 Å². The number of methoxy groups -OCH3 is 1. The molecular formula is C15H17NO2S. The van der Waals surface area contributed by atoms with Gasteiger partial charge in [-0.2, -0.15) is 0 Å². The fourth-order valence-corrected chi connectivity index (χ4v) is 5.25. The van der Waals surface area contributed by atoms with Gasteiger partial charge in [0.2, 0.25) is 0 Å². The molecule has 0 unspecified atom stereocenters. The van der Waals surface area contributed by atoms with Crippen molar-refractivity contribution in [2.45, 2.75) is 35.9 Å². The van der Waals surface area contributed by atoms with E-state index in [9.17, 15) is 0 Å². The lowest BCUT2D eigenvalue weighted by molar-refractivity contribution is 0.0418. The zero-order chi connectivity index (χ0) is 12.8. The summed E-state index contributed by atoms with van der Waals surface area (Å²) in [6.45, 7) is 0. The van der Waals surface area contributed by atoms with Crippen LogP contribution in [0.4, 0.5) is 0 Å². The summed E-state index contributed by atoms with van der Waals surface area (Å²) in [5.41, 5.74) is 2.59. The molecule has 0 aromatic heterocycles. The van der Waals surface area contributed by atoms with E-state index in [1.165, 1.54) is 30.5 Å². The van der Waals surface area contributed by atoms with Gasteiger partial charge in [0.05, 0.1) is 24.0 Å². The van der Waals surface area contributed by atoms with Crippen LogP contribution in [0.2, 0.25) is 0 Å². The Labute approximate surface area is 117 Å². The molecule has 1 saturated heterocycles. The Hall–Kier alpha value is -1.16. The first-order valence-electron chi connectivity index (χ1n) is 6.90. The van der Waals surface area contributed by atoms with Crippen molar-refractivity contribution in [2.75, 3.05) is 7.11 Å². The van der Waals surface area contributed by atoms with Crippen molar-refractivity contribution in [1.29, 1.82) is 0 Å². The van der Waals surface area contributed by atoms with Crippen molar-refractivity contribution in [2.24, 2.45) is 11.1 Å². The predicted octanol–water partition coefficient (Wildman–Crippen LogP) is 3.41. The van der Waals surface area contributed by atoms with Crippen LogP contribution in [-0.4, -0.2) is 24.2 Å². The van der Waals surface area contributed by atoms with Gasteiger partial charge in [0.25, 0.3) is 0 Å². The number of rotatable bonds is 2. The summed E-state index contributed by atoms with van der Waals surface area (Å²) in [5, 5.41) is 5.49. The summed E-state index contributed by atoms with van der Waals surface area (Å²) in [4.78, 5) is 5.64. The van der Waals surface area contributed by atoms with Crippen LogP contribution in [0, 0.1) is 5.92 Å². The standard InChI is InChI=1S/C15H17NO2S/c1-17-10-7-5-9(6-8-10)15-14-13-11(18-16-14)3-2-4-12(13)19-15/h5-8,11-13,15H,2-4H2,1H3/t11-,12+,13-,15-/m1/s1. The van der Waals surface area contributed by atoms with E-state index in [1.54, 1.807) is 7.11 Å². The first kappa shape index (κ1) is 11.6. The quantitative estimate of drug-likeness (QED) is 0.828. The van der Waals surface area contributed by atoms with Crippen molar-refractivity contribution in [3.05, 3.63) is 29.8 Å². The largest absolute Gasteiger partial charge is 0.497 e. The third kappa shape index (κ3) is 1.76. The molecule has 4 rings (SSSR count). The Kier molecular flexibility index (Phi) is 2.72. The van der Waals surface area contributed by atoms with Gasteiger partial charge in [0.1, 0.15) is 11.9 Å². The van der Waals surface area contributed by atoms with Gasteiger partial charge in [-0.3, -0.25) is 0 Å². The Morgan fingerprint density at radius 2 is 2.11 bits per heavy atom.